The minimum absolute atomic E-state index is 0.113. The van der Waals surface area contributed by atoms with Gasteiger partial charge in [-0.15, -0.1) is 0 Å². The van der Waals surface area contributed by atoms with Crippen LogP contribution in [0.5, 0.6) is 0 Å². The molecular weight excluding hydrogens is 662 g/mol. The molecule has 5 atom stereocenters. The van der Waals surface area contributed by atoms with Crippen LogP contribution in [-0.4, -0.2) is 102 Å². The number of nitrogens with one attached hydrogen (secondary N) is 5. The van der Waals surface area contributed by atoms with Crippen LogP contribution in [0.3, 0.4) is 0 Å². The van der Waals surface area contributed by atoms with Crippen LogP contribution in [-0.2, 0) is 30.4 Å². The summed E-state index contributed by atoms with van der Waals surface area (Å²) in [5.41, 5.74) is 1.00. The fourth-order valence-corrected chi connectivity index (χ4v) is 6.03. The van der Waals surface area contributed by atoms with Gasteiger partial charge in [-0.1, -0.05) is 85.2 Å². The third-order valence-corrected chi connectivity index (χ3v) is 8.89. The zero-order valence-corrected chi connectivity index (χ0v) is 32.6. The number of carbonyl (C=O) groups excluding carboxylic acids is 5. The van der Waals surface area contributed by atoms with E-state index < -0.39 is 36.1 Å². The van der Waals surface area contributed by atoms with Crippen LogP contribution in [0.15, 0.2) is 54.3 Å². The maximum Gasteiger partial charge on any atom is 0.251 e. The highest BCUT2D eigenvalue weighted by Crippen LogP contribution is 2.23. The van der Waals surface area contributed by atoms with Crippen LogP contribution in [0.4, 0.5) is 0 Å². The molecule has 13 heteroatoms. The second-order valence-corrected chi connectivity index (χ2v) is 15.0. The van der Waals surface area contributed by atoms with E-state index in [0.29, 0.717) is 44.2 Å². The molecule has 0 unspecified atom stereocenters. The van der Waals surface area contributed by atoms with Gasteiger partial charge in [0.05, 0.1) is 12.6 Å². The Bertz CT molecular complexity index is 1390. The summed E-state index contributed by atoms with van der Waals surface area (Å²) in [5.74, 6) is -1.80. The van der Waals surface area contributed by atoms with E-state index in [9.17, 15) is 29.2 Å². The molecule has 0 bridgehead atoms. The Balaban J connectivity index is 2.28. The van der Waals surface area contributed by atoms with E-state index in [1.807, 2.05) is 85.7 Å². The van der Waals surface area contributed by atoms with Crippen molar-refractivity contribution < 1.29 is 29.2 Å². The predicted octanol–water partition coefficient (Wildman–Crippen LogP) is 3.05. The van der Waals surface area contributed by atoms with Gasteiger partial charge in [-0.2, -0.15) is 0 Å². The average Bonchev–Trinajstić information content (AvgIpc) is 3.08. The van der Waals surface area contributed by atoms with Crippen molar-refractivity contribution in [1.82, 2.24) is 36.5 Å². The smallest absolute Gasteiger partial charge is 0.251 e. The first-order valence-corrected chi connectivity index (χ1v) is 18.6. The van der Waals surface area contributed by atoms with Gasteiger partial charge in [0.2, 0.25) is 23.6 Å². The Hall–Kier alpha value is -4.23. The number of rotatable bonds is 20. The van der Waals surface area contributed by atoms with Crippen LogP contribution in [0.25, 0.3) is 0 Å². The van der Waals surface area contributed by atoms with Gasteiger partial charge in [0.15, 0.2) is 0 Å². The number of hydrogen-bond acceptors (Lipinski definition) is 8. The van der Waals surface area contributed by atoms with E-state index in [1.165, 1.54) is 17.2 Å². The maximum absolute atomic E-state index is 14.1. The first-order chi connectivity index (χ1) is 24.5. The molecule has 1 aromatic rings. The van der Waals surface area contributed by atoms with Gasteiger partial charge < -0.3 is 31.5 Å². The van der Waals surface area contributed by atoms with Crippen LogP contribution in [0.1, 0.15) is 86.6 Å². The minimum atomic E-state index is -0.897. The molecule has 13 nitrogen and oxygen atoms in total. The summed E-state index contributed by atoms with van der Waals surface area (Å²) in [6.45, 7) is 16.2. The molecule has 5 amide bonds. The summed E-state index contributed by atoms with van der Waals surface area (Å²) in [7, 11) is 1.59. The Kier molecular flexibility index (Phi) is 18.0. The lowest BCUT2D eigenvalue weighted by atomic mass is 9.87. The molecule has 0 spiro atoms. The van der Waals surface area contributed by atoms with Crippen LogP contribution in [0, 0.1) is 11.3 Å². The number of nitrogens with zero attached hydrogens (tertiary/aromatic N) is 2. The van der Waals surface area contributed by atoms with Crippen molar-refractivity contribution in [2.75, 3.05) is 26.7 Å². The molecule has 290 valence electrons. The first kappa shape index (κ1) is 43.9. The zero-order valence-electron chi connectivity index (χ0n) is 32.6. The molecule has 0 saturated heterocycles. The molecule has 1 aromatic carbocycles. The highest BCUT2D eigenvalue weighted by atomic mass is 16.5. The van der Waals surface area contributed by atoms with Crippen molar-refractivity contribution in [3.63, 3.8) is 0 Å². The van der Waals surface area contributed by atoms with E-state index in [-0.39, 0.29) is 48.1 Å². The lowest BCUT2D eigenvalue weighted by molar-refractivity contribution is -0.142. The van der Waals surface area contributed by atoms with Crippen molar-refractivity contribution in [3.8, 4) is 0 Å². The van der Waals surface area contributed by atoms with Gasteiger partial charge in [0.1, 0.15) is 18.1 Å². The molecule has 0 saturated carbocycles. The second-order valence-electron chi connectivity index (χ2n) is 15.0. The number of likely N-dealkylation sites (N-methyl/N-ethyl adjacent to an activating group) is 2. The van der Waals surface area contributed by atoms with Gasteiger partial charge in [0.25, 0.3) is 5.91 Å². The van der Waals surface area contributed by atoms with E-state index >= 15 is 0 Å². The lowest BCUT2D eigenvalue weighted by Gasteiger charge is -2.34. The molecular formula is C39H63N7O6. The molecule has 6 N–H and O–H groups in total. The minimum Gasteiger partial charge on any atom is -0.355 e. The Morgan fingerprint density at radius 1 is 0.923 bits per heavy atom. The van der Waals surface area contributed by atoms with Gasteiger partial charge in [0, 0.05) is 38.0 Å². The summed E-state index contributed by atoms with van der Waals surface area (Å²) in [4.78, 5) is 68.8. The van der Waals surface area contributed by atoms with Crippen LogP contribution in [0.2, 0.25) is 0 Å². The van der Waals surface area contributed by atoms with E-state index in [4.69, 9.17) is 0 Å². The van der Waals surface area contributed by atoms with Crippen LogP contribution >= 0.6 is 0 Å². The van der Waals surface area contributed by atoms with Crippen molar-refractivity contribution in [2.45, 2.75) is 118 Å². The quantitative estimate of drug-likeness (QED) is 0.119. The third kappa shape index (κ3) is 14.4. The van der Waals surface area contributed by atoms with Crippen molar-refractivity contribution in [2.24, 2.45) is 11.3 Å². The van der Waals surface area contributed by atoms with Gasteiger partial charge in [-0.25, -0.2) is 0 Å². The molecule has 52 heavy (non-hydrogen) atoms. The summed E-state index contributed by atoms with van der Waals surface area (Å²) < 4.78 is 0. The van der Waals surface area contributed by atoms with E-state index in [0.717, 1.165) is 10.6 Å². The molecule has 0 fully saturated rings. The summed E-state index contributed by atoms with van der Waals surface area (Å²) in [6, 6.07) is 6.25. The largest absolute Gasteiger partial charge is 0.355 e. The summed E-state index contributed by atoms with van der Waals surface area (Å²) >= 11 is 0. The molecule has 1 heterocycles. The van der Waals surface area contributed by atoms with Crippen molar-refractivity contribution in [1.29, 1.82) is 0 Å². The van der Waals surface area contributed by atoms with E-state index in [1.54, 1.807) is 13.1 Å². The number of hydroxylamine groups is 2. The summed E-state index contributed by atoms with van der Waals surface area (Å²) in [5, 5.41) is 25.6. The molecule has 0 aromatic heterocycles. The topological polar surface area (TPSA) is 172 Å². The van der Waals surface area contributed by atoms with Crippen LogP contribution < -0.4 is 26.6 Å². The Morgan fingerprint density at radius 2 is 1.60 bits per heavy atom. The normalized spacial score (nSPS) is 15.8. The highest BCUT2D eigenvalue weighted by molar-refractivity contribution is 6.00. The molecule has 2 rings (SSSR count). The Labute approximate surface area is 310 Å². The summed E-state index contributed by atoms with van der Waals surface area (Å²) in [6.07, 6.45) is 6.73. The SMILES string of the molecule is CCC[C@@H](C(=O)N[C@H](CN[C@@H](CC)C(=O)N[C@H](C(=O)NCC)C(C)C)Cc1ccccc1)N(C)C(=O)[C@H](CC(C)(C)C)NC(=O)C1=CCN(O)C=C1. The standard InChI is InChI=1S/C39H63N7O6/c1-10-16-32(45(9)38(51)31(24-39(6,7)8)43-34(47)28-19-21-46(52)22-20-28)36(49)42-29(23-27-17-14-13-15-18-27)25-41-30(11-2)35(48)44-33(26(4)5)37(50)40-12-3/h13-15,17-21,26,29-33,41,52H,10-12,16,22-25H2,1-9H3,(H,40,50)(H,42,49)(H,43,47)(H,44,48)/t29-,30-,31-,32-,33-/m0/s1. The Morgan fingerprint density at radius 3 is 2.13 bits per heavy atom. The van der Waals surface area contributed by atoms with Gasteiger partial charge in [-0.3, -0.25) is 34.2 Å². The van der Waals surface area contributed by atoms with Crippen molar-refractivity contribution >= 4 is 29.5 Å². The lowest BCUT2D eigenvalue weighted by Crippen LogP contribution is -2.58. The number of hydrogen-bond donors (Lipinski definition) is 6. The first-order valence-electron chi connectivity index (χ1n) is 18.6. The van der Waals surface area contributed by atoms with E-state index in [2.05, 4.69) is 26.6 Å². The molecule has 0 aliphatic carbocycles. The average molecular weight is 726 g/mol. The van der Waals surface area contributed by atoms with Gasteiger partial charge >= 0.3 is 0 Å². The molecule has 1 aliphatic heterocycles. The molecule has 1 aliphatic rings. The third-order valence-electron chi connectivity index (χ3n) is 8.89. The van der Waals surface area contributed by atoms with Gasteiger partial charge in [-0.05, 0) is 61.7 Å². The molecule has 0 radical (unpaired) electrons. The fraction of sp³-hybridized carbons (Fsp3) is 0.615. The number of amides is 5. The van der Waals surface area contributed by atoms with Crippen molar-refractivity contribution in [3.05, 3.63) is 59.8 Å². The second kappa shape index (κ2) is 21.3. The maximum atomic E-state index is 14.1. The number of carbonyl (C=O) groups is 5. The monoisotopic (exact) mass is 725 g/mol. The zero-order chi connectivity index (χ0) is 39.0. The fourth-order valence-electron chi connectivity index (χ4n) is 6.03. The number of benzene rings is 1. The predicted molar refractivity (Wildman–Crippen MR) is 203 cm³/mol. The highest BCUT2D eigenvalue weighted by Gasteiger charge is 2.35.